The van der Waals surface area contributed by atoms with Crippen molar-refractivity contribution < 1.29 is 47.3 Å². The minimum Gasteiger partial charge on any atom is -0.507 e. The highest BCUT2D eigenvalue weighted by atomic mass is 19.4. The molecule has 3 aromatic carbocycles. The van der Waals surface area contributed by atoms with E-state index < -0.39 is 63.8 Å². The number of anilines is 3. The summed E-state index contributed by atoms with van der Waals surface area (Å²) in [6.45, 7) is 1.13. The van der Waals surface area contributed by atoms with E-state index in [9.17, 15) is 42.6 Å². The minimum absolute atomic E-state index is 0.0211. The molecule has 0 saturated carbocycles. The number of aromatic hydroxyl groups is 1. The standard InChI is InChI=1S/C29H24F3N5O7/c1-14(38)36(2)23-12-24(39)20(25(34)26(40)35-22-8-5-15(13-33)9-19(22)27(41)42)11-18(23)17-7-6-16(37(3)28(43)44-4)10-21(17)29(30,31)32/h5-12,34,39H,1-4H3,(H,35,40)(H,41,42). The third-order valence-corrected chi connectivity index (χ3v) is 6.51. The van der Waals surface area contributed by atoms with Gasteiger partial charge in [0.05, 0.1) is 41.2 Å². The number of halogens is 3. The SMILES string of the molecule is COC(=O)N(C)c1ccc(-c2cc(C(=N)C(=O)Nc3ccc(C#N)cc3C(=O)O)c(O)cc2N(C)C(C)=O)c(C(F)(F)F)c1. The number of carbonyl (C=O) groups is 4. The number of rotatable bonds is 7. The van der Waals surface area contributed by atoms with E-state index in [-0.39, 0.29) is 28.2 Å². The number of carboxylic acid groups (broad SMARTS) is 1. The Bertz CT molecular complexity index is 1750. The van der Waals surface area contributed by atoms with Crippen LogP contribution in [0.1, 0.15) is 34.0 Å². The minimum atomic E-state index is -5.00. The Balaban J connectivity index is 2.22. The molecule has 0 bridgehead atoms. The lowest BCUT2D eigenvalue weighted by Gasteiger charge is -2.24. The van der Waals surface area contributed by atoms with Crippen LogP contribution in [-0.2, 0) is 20.5 Å². The first-order chi connectivity index (χ1) is 20.5. The smallest absolute Gasteiger partial charge is 0.417 e. The second-order valence-corrected chi connectivity index (χ2v) is 9.23. The number of carbonyl (C=O) groups excluding carboxylic acids is 3. The summed E-state index contributed by atoms with van der Waals surface area (Å²) < 4.78 is 47.7. The van der Waals surface area contributed by atoms with Gasteiger partial charge in [-0.1, -0.05) is 6.07 Å². The van der Waals surface area contributed by atoms with E-state index in [2.05, 4.69) is 10.1 Å². The molecule has 0 aliphatic carbocycles. The van der Waals surface area contributed by atoms with Gasteiger partial charge >= 0.3 is 18.2 Å². The van der Waals surface area contributed by atoms with Gasteiger partial charge in [-0.15, -0.1) is 0 Å². The number of phenolic OH excluding ortho intramolecular Hbond substituents is 1. The number of methoxy groups -OCH3 is 1. The van der Waals surface area contributed by atoms with Gasteiger partial charge in [-0.25, -0.2) is 9.59 Å². The second kappa shape index (κ2) is 12.5. The average Bonchev–Trinajstić information content (AvgIpc) is 2.98. The Morgan fingerprint density at radius 3 is 2.18 bits per heavy atom. The number of hydrogen-bond donors (Lipinski definition) is 4. The predicted octanol–water partition coefficient (Wildman–Crippen LogP) is 4.84. The number of phenols is 1. The Kier molecular flexibility index (Phi) is 9.29. The maximum atomic E-state index is 14.4. The number of benzene rings is 3. The Morgan fingerprint density at radius 2 is 1.64 bits per heavy atom. The molecule has 3 amide bonds. The normalized spacial score (nSPS) is 10.8. The number of aromatic carboxylic acids is 1. The van der Waals surface area contributed by atoms with Crippen LogP contribution in [0.3, 0.4) is 0 Å². The molecular formula is C29H24F3N5O7. The van der Waals surface area contributed by atoms with Gasteiger partial charge in [0.25, 0.3) is 5.91 Å². The first-order valence-electron chi connectivity index (χ1n) is 12.3. The third kappa shape index (κ3) is 6.59. The molecule has 0 aliphatic rings. The highest BCUT2D eigenvalue weighted by Crippen LogP contribution is 2.44. The Morgan fingerprint density at radius 1 is 0.977 bits per heavy atom. The maximum Gasteiger partial charge on any atom is 0.417 e. The highest BCUT2D eigenvalue weighted by Gasteiger charge is 2.36. The number of ether oxygens (including phenoxy) is 1. The first kappa shape index (κ1) is 32.6. The van der Waals surface area contributed by atoms with Crippen molar-refractivity contribution in [3.63, 3.8) is 0 Å². The molecular weight excluding hydrogens is 587 g/mol. The lowest BCUT2D eigenvalue weighted by atomic mass is 9.93. The van der Waals surface area contributed by atoms with Gasteiger partial charge in [-0.2, -0.15) is 18.4 Å². The fourth-order valence-corrected chi connectivity index (χ4v) is 4.10. The Hall–Kier alpha value is -5.91. The van der Waals surface area contributed by atoms with Crippen molar-refractivity contribution in [3.8, 4) is 22.9 Å². The molecule has 0 spiro atoms. The maximum absolute atomic E-state index is 14.4. The molecule has 0 saturated heterocycles. The summed E-state index contributed by atoms with van der Waals surface area (Å²) in [5.41, 5.74) is -4.75. The van der Waals surface area contributed by atoms with E-state index in [1.807, 2.05) is 0 Å². The van der Waals surface area contributed by atoms with E-state index >= 15 is 0 Å². The largest absolute Gasteiger partial charge is 0.507 e. The Labute approximate surface area is 248 Å². The molecule has 4 N–H and O–H groups in total. The number of alkyl halides is 3. The fourth-order valence-electron chi connectivity index (χ4n) is 4.10. The average molecular weight is 612 g/mol. The van der Waals surface area contributed by atoms with E-state index in [0.29, 0.717) is 6.07 Å². The second-order valence-electron chi connectivity index (χ2n) is 9.23. The van der Waals surface area contributed by atoms with Crippen molar-refractivity contribution in [3.05, 3.63) is 70.8 Å². The van der Waals surface area contributed by atoms with Crippen LogP contribution in [0.5, 0.6) is 5.75 Å². The molecule has 0 atom stereocenters. The summed E-state index contributed by atoms with van der Waals surface area (Å²) in [5.74, 6) is -4.10. The fraction of sp³-hybridized carbons (Fsp3) is 0.172. The molecule has 0 unspecified atom stereocenters. The van der Waals surface area contributed by atoms with Crippen LogP contribution in [0.2, 0.25) is 0 Å². The van der Waals surface area contributed by atoms with Crippen molar-refractivity contribution in [2.24, 2.45) is 0 Å². The molecule has 0 aromatic heterocycles. The van der Waals surface area contributed by atoms with E-state index in [0.717, 1.165) is 54.2 Å². The monoisotopic (exact) mass is 611 g/mol. The summed E-state index contributed by atoms with van der Waals surface area (Å²) in [6, 6.07) is 9.77. The van der Waals surface area contributed by atoms with Gasteiger partial charge in [-0.3, -0.25) is 19.9 Å². The van der Waals surface area contributed by atoms with Crippen LogP contribution in [0.25, 0.3) is 11.1 Å². The molecule has 44 heavy (non-hydrogen) atoms. The van der Waals surface area contributed by atoms with E-state index in [1.165, 1.54) is 26.2 Å². The number of nitrogens with zero attached hydrogens (tertiary/aromatic N) is 3. The zero-order valence-corrected chi connectivity index (χ0v) is 23.5. The topological polar surface area (TPSA) is 184 Å². The molecule has 3 aromatic rings. The number of carboxylic acids is 1. The van der Waals surface area contributed by atoms with Crippen molar-refractivity contribution in [1.29, 1.82) is 10.7 Å². The van der Waals surface area contributed by atoms with Gasteiger partial charge in [-0.05, 0) is 42.0 Å². The molecule has 3 rings (SSSR count). The van der Waals surface area contributed by atoms with Crippen molar-refractivity contribution in [2.45, 2.75) is 13.1 Å². The van der Waals surface area contributed by atoms with Gasteiger partial charge in [0.2, 0.25) is 5.91 Å². The summed E-state index contributed by atoms with van der Waals surface area (Å²) in [6.07, 6.45) is -5.94. The summed E-state index contributed by atoms with van der Waals surface area (Å²) >= 11 is 0. The lowest BCUT2D eigenvalue weighted by Crippen LogP contribution is -2.27. The van der Waals surface area contributed by atoms with E-state index in [4.69, 9.17) is 10.7 Å². The van der Waals surface area contributed by atoms with Crippen LogP contribution >= 0.6 is 0 Å². The molecule has 12 nitrogen and oxygen atoms in total. The highest BCUT2D eigenvalue weighted by molar-refractivity contribution is 6.48. The lowest BCUT2D eigenvalue weighted by molar-refractivity contribution is -0.137. The van der Waals surface area contributed by atoms with Gasteiger partial charge < -0.3 is 25.2 Å². The first-order valence-corrected chi connectivity index (χ1v) is 12.3. The molecule has 0 aliphatic heterocycles. The number of hydrogen-bond acceptors (Lipinski definition) is 8. The molecule has 0 fully saturated rings. The van der Waals surface area contributed by atoms with Crippen molar-refractivity contribution in [1.82, 2.24) is 0 Å². The summed E-state index contributed by atoms with van der Waals surface area (Å²) in [7, 11) is 3.48. The quantitative estimate of drug-likeness (QED) is 0.274. The summed E-state index contributed by atoms with van der Waals surface area (Å²) in [4.78, 5) is 50.6. The molecule has 15 heteroatoms. The number of nitrogens with one attached hydrogen (secondary N) is 2. The van der Waals surface area contributed by atoms with Gasteiger partial charge in [0.1, 0.15) is 11.5 Å². The van der Waals surface area contributed by atoms with Crippen LogP contribution in [0, 0.1) is 16.7 Å². The van der Waals surface area contributed by atoms with Gasteiger partial charge in [0.15, 0.2) is 0 Å². The molecule has 0 radical (unpaired) electrons. The van der Waals surface area contributed by atoms with Crippen LogP contribution in [0.15, 0.2) is 48.5 Å². The van der Waals surface area contributed by atoms with Crippen LogP contribution in [0.4, 0.5) is 35.0 Å². The zero-order valence-electron chi connectivity index (χ0n) is 23.5. The molecule has 228 valence electrons. The molecule has 0 heterocycles. The van der Waals surface area contributed by atoms with Crippen molar-refractivity contribution >= 4 is 46.7 Å². The van der Waals surface area contributed by atoms with Crippen molar-refractivity contribution in [2.75, 3.05) is 36.3 Å². The van der Waals surface area contributed by atoms with Gasteiger partial charge in [0, 0.05) is 43.9 Å². The van der Waals surface area contributed by atoms with Crippen LogP contribution < -0.4 is 15.1 Å². The number of amides is 3. The zero-order chi connectivity index (χ0) is 33.1. The summed E-state index contributed by atoms with van der Waals surface area (Å²) in [5, 5.41) is 39.9. The third-order valence-electron chi connectivity index (χ3n) is 6.51. The van der Waals surface area contributed by atoms with Crippen LogP contribution in [-0.4, -0.2) is 61.0 Å². The predicted molar refractivity (Wildman–Crippen MR) is 152 cm³/mol. The van der Waals surface area contributed by atoms with E-state index in [1.54, 1.807) is 6.07 Å². The number of nitriles is 1.